The topological polar surface area (TPSA) is 93.1 Å². The molecule has 2 aromatic rings. The molecule has 0 aliphatic heterocycles. The Balaban J connectivity index is 2.04. The van der Waals surface area contributed by atoms with E-state index in [2.05, 4.69) is 4.52 Å². The number of phosphoric acid groups is 1. The lowest BCUT2D eigenvalue weighted by molar-refractivity contribution is 0.0960. The molecule has 0 fully saturated rings. The summed E-state index contributed by atoms with van der Waals surface area (Å²) in [4.78, 5) is 30.3. The molecule has 0 saturated heterocycles. The van der Waals surface area contributed by atoms with Crippen molar-refractivity contribution in [1.82, 2.24) is 0 Å². The third kappa shape index (κ3) is 5.43. The van der Waals surface area contributed by atoms with Gasteiger partial charge in [-0.1, -0.05) is 29.8 Å². The van der Waals surface area contributed by atoms with Gasteiger partial charge in [0.15, 0.2) is 17.3 Å². The van der Waals surface area contributed by atoms with Crippen molar-refractivity contribution in [3.63, 3.8) is 0 Å². The van der Waals surface area contributed by atoms with Gasteiger partial charge < -0.3 is 9.26 Å². The predicted octanol–water partition coefficient (Wildman–Crippen LogP) is 3.74. The van der Waals surface area contributed by atoms with Gasteiger partial charge in [0.2, 0.25) is 0 Å². The average Bonchev–Trinajstić information content (AvgIpc) is 2.46. The third-order valence-corrected chi connectivity index (χ3v) is 4.04. The van der Waals surface area contributed by atoms with Crippen LogP contribution in [0, 0.1) is 20.8 Å². The van der Waals surface area contributed by atoms with Crippen LogP contribution in [-0.2, 0) is 4.57 Å². The number of hydrogen-bond acceptors (Lipinski definition) is 4. The van der Waals surface area contributed by atoms with Crippen molar-refractivity contribution in [2.24, 2.45) is 0 Å². The molecule has 0 heterocycles. The normalized spacial score (nSPS) is 11.2. The lowest BCUT2D eigenvalue weighted by Crippen LogP contribution is -2.10. The SMILES string of the molecule is Cc1cc(C)c(C(=O)CCOc2ccccc2OP(=O)(O)O)c(C)c1. The lowest BCUT2D eigenvalue weighted by Gasteiger charge is -2.13. The Morgan fingerprint density at radius 1 is 1.04 bits per heavy atom. The third-order valence-electron chi connectivity index (χ3n) is 3.61. The maximum atomic E-state index is 12.5. The molecule has 0 unspecified atom stereocenters. The number of aryl methyl sites for hydroxylation is 3. The minimum atomic E-state index is -4.68. The number of para-hydroxylation sites is 2. The van der Waals surface area contributed by atoms with E-state index in [4.69, 9.17) is 14.5 Å². The molecule has 0 bridgehead atoms. The van der Waals surface area contributed by atoms with E-state index in [1.807, 2.05) is 32.9 Å². The van der Waals surface area contributed by atoms with E-state index in [-0.39, 0.29) is 30.3 Å². The van der Waals surface area contributed by atoms with Gasteiger partial charge in [-0.2, -0.15) is 0 Å². The van der Waals surface area contributed by atoms with E-state index in [0.29, 0.717) is 5.56 Å². The zero-order chi connectivity index (χ0) is 18.6. The molecule has 0 radical (unpaired) electrons. The van der Waals surface area contributed by atoms with Crippen LogP contribution in [0.1, 0.15) is 33.5 Å². The van der Waals surface area contributed by atoms with Gasteiger partial charge in [0, 0.05) is 12.0 Å². The van der Waals surface area contributed by atoms with Crippen LogP contribution in [0.25, 0.3) is 0 Å². The Hall–Kier alpha value is -2.14. The Kier molecular flexibility index (Phi) is 6.01. The Morgan fingerprint density at radius 2 is 1.60 bits per heavy atom. The average molecular weight is 364 g/mol. The molecular weight excluding hydrogens is 343 g/mol. The summed E-state index contributed by atoms with van der Waals surface area (Å²) in [6.45, 7) is 5.86. The molecule has 0 saturated carbocycles. The van der Waals surface area contributed by atoms with Crippen molar-refractivity contribution < 1.29 is 28.4 Å². The second-order valence-electron chi connectivity index (χ2n) is 5.82. The molecule has 0 atom stereocenters. The van der Waals surface area contributed by atoms with E-state index in [1.54, 1.807) is 12.1 Å². The fourth-order valence-electron chi connectivity index (χ4n) is 2.77. The van der Waals surface area contributed by atoms with Gasteiger partial charge in [-0.05, 0) is 44.0 Å². The summed E-state index contributed by atoms with van der Waals surface area (Å²) < 4.78 is 21.1. The molecule has 2 N–H and O–H groups in total. The highest BCUT2D eigenvalue weighted by Crippen LogP contribution is 2.41. The predicted molar refractivity (Wildman–Crippen MR) is 94.2 cm³/mol. The van der Waals surface area contributed by atoms with Crippen LogP contribution in [0.4, 0.5) is 0 Å². The second-order valence-corrected chi connectivity index (χ2v) is 6.99. The number of benzene rings is 2. The van der Waals surface area contributed by atoms with Gasteiger partial charge >= 0.3 is 7.82 Å². The van der Waals surface area contributed by atoms with E-state index < -0.39 is 7.82 Å². The van der Waals surface area contributed by atoms with Crippen molar-refractivity contribution >= 4 is 13.6 Å². The first-order chi connectivity index (χ1) is 11.7. The monoisotopic (exact) mass is 364 g/mol. The van der Waals surface area contributed by atoms with Gasteiger partial charge in [-0.15, -0.1) is 0 Å². The molecule has 0 amide bonds. The van der Waals surface area contributed by atoms with Gasteiger partial charge in [0.25, 0.3) is 0 Å². The summed E-state index contributed by atoms with van der Waals surface area (Å²) in [7, 11) is -4.68. The van der Waals surface area contributed by atoms with Crippen LogP contribution in [-0.4, -0.2) is 22.2 Å². The second kappa shape index (κ2) is 7.83. The van der Waals surface area contributed by atoms with Gasteiger partial charge in [-0.25, -0.2) is 4.57 Å². The Bertz CT molecular complexity index is 801. The maximum Gasteiger partial charge on any atom is 0.524 e. The van der Waals surface area contributed by atoms with Crippen LogP contribution in [0.15, 0.2) is 36.4 Å². The van der Waals surface area contributed by atoms with Gasteiger partial charge in [0.1, 0.15) is 0 Å². The van der Waals surface area contributed by atoms with Crippen LogP contribution in [0.3, 0.4) is 0 Å². The Labute approximate surface area is 146 Å². The first-order valence-electron chi connectivity index (χ1n) is 7.75. The van der Waals surface area contributed by atoms with Crippen LogP contribution < -0.4 is 9.26 Å². The summed E-state index contributed by atoms with van der Waals surface area (Å²) in [6.07, 6.45) is 0.148. The highest BCUT2D eigenvalue weighted by molar-refractivity contribution is 7.46. The zero-order valence-corrected chi connectivity index (χ0v) is 15.2. The largest absolute Gasteiger partial charge is 0.524 e. The molecule has 2 aromatic carbocycles. The Morgan fingerprint density at radius 3 is 2.16 bits per heavy atom. The number of carbonyl (C=O) groups is 1. The fourth-order valence-corrected chi connectivity index (χ4v) is 3.18. The standard InChI is InChI=1S/C18H21O6P/c1-12-10-13(2)18(14(3)11-12)15(19)8-9-23-16-6-4-5-7-17(16)24-25(20,21)22/h4-7,10-11H,8-9H2,1-3H3,(H2,20,21,22). The molecule has 0 spiro atoms. The quantitative estimate of drug-likeness (QED) is 0.574. The number of phosphoric ester groups is 1. The van der Waals surface area contributed by atoms with Gasteiger partial charge in [0.05, 0.1) is 6.61 Å². The molecule has 7 heteroatoms. The van der Waals surface area contributed by atoms with E-state index >= 15 is 0 Å². The molecule has 2 rings (SSSR count). The van der Waals surface area contributed by atoms with Crippen molar-refractivity contribution in [2.75, 3.05) is 6.61 Å². The molecular formula is C18H21O6P. The van der Waals surface area contributed by atoms with Crippen LogP contribution >= 0.6 is 7.82 Å². The summed E-state index contributed by atoms with van der Waals surface area (Å²) in [5.41, 5.74) is 3.64. The minimum absolute atomic E-state index is 0.0385. The first-order valence-corrected chi connectivity index (χ1v) is 9.28. The summed E-state index contributed by atoms with van der Waals surface area (Å²) in [6, 6.07) is 10.1. The number of Topliss-reactive ketones (excluding diaryl/α,β-unsaturated/α-hetero) is 1. The number of ketones is 1. The lowest BCUT2D eigenvalue weighted by atomic mass is 9.95. The molecule has 0 aliphatic rings. The fraction of sp³-hybridized carbons (Fsp3) is 0.278. The molecule has 6 nitrogen and oxygen atoms in total. The van der Waals surface area contributed by atoms with Crippen LogP contribution in [0.2, 0.25) is 0 Å². The number of carbonyl (C=O) groups excluding carboxylic acids is 1. The van der Waals surface area contributed by atoms with E-state index in [9.17, 15) is 9.36 Å². The summed E-state index contributed by atoms with van der Waals surface area (Å²) in [5, 5.41) is 0. The maximum absolute atomic E-state index is 12.5. The number of hydrogen-bond donors (Lipinski definition) is 2. The van der Waals surface area contributed by atoms with Crippen molar-refractivity contribution in [1.29, 1.82) is 0 Å². The van der Waals surface area contributed by atoms with Crippen LogP contribution in [0.5, 0.6) is 11.5 Å². The molecule has 0 aliphatic carbocycles. The minimum Gasteiger partial charge on any atom is -0.489 e. The van der Waals surface area contributed by atoms with E-state index in [0.717, 1.165) is 16.7 Å². The van der Waals surface area contributed by atoms with Crippen molar-refractivity contribution in [2.45, 2.75) is 27.2 Å². The van der Waals surface area contributed by atoms with Gasteiger partial charge in [-0.3, -0.25) is 14.6 Å². The highest BCUT2D eigenvalue weighted by atomic mass is 31.2. The molecule has 0 aromatic heterocycles. The van der Waals surface area contributed by atoms with E-state index in [1.165, 1.54) is 12.1 Å². The first kappa shape index (κ1) is 19.2. The zero-order valence-electron chi connectivity index (χ0n) is 14.4. The van der Waals surface area contributed by atoms with Crippen molar-refractivity contribution in [3.8, 4) is 11.5 Å². The summed E-state index contributed by atoms with van der Waals surface area (Å²) in [5.74, 6) is 0.0744. The smallest absolute Gasteiger partial charge is 0.489 e. The molecule has 134 valence electrons. The number of rotatable bonds is 7. The highest BCUT2D eigenvalue weighted by Gasteiger charge is 2.19. The number of ether oxygens (including phenoxy) is 1. The molecule has 25 heavy (non-hydrogen) atoms. The summed E-state index contributed by atoms with van der Waals surface area (Å²) >= 11 is 0. The van der Waals surface area contributed by atoms with Crippen molar-refractivity contribution in [3.05, 3.63) is 58.7 Å².